The molecule has 0 unspecified atom stereocenters. The summed E-state index contributed by atoms with van der Waals surface area (Å²) >= 11 is 0. The summed E-state index contributed by atoms with van der Waals surface area (Å²) in [6.07, 6.45) is 8.81. The van der Waals surface area contributed by atoms with Gasteiger partial charge in [-0.2, -0.15) is 4.58 Å². The molecule has 1 heterocycles. The number of hydrogen-bond donors (Lipinski definition) is 0. The fourth-order valence-electron chi connectivity index (χ4n) is 3.16. The maximum absolute atomic E-state index is 11.9. The summed E-state index contributed by atoms with van der Waals surface area (Å²) in [5.41, 5.74) is 4.81. The first-order valence-corrected chi connectivity index (χ1v) is 8.61. The first kappa shape index (κ1) is 16.9. The molecule has 0 aliphatic carbocycles. The van der Waals surface area contributed by atoms with E-state index in [1.807, 2.05) is 48.7 Å². The Balaban J connectivity index is 1.76. The summed E-state index contributed by atoms with van der Waals surface area (Å²) in [5, 5.41) is 0. The van der Waals surface area contributed by atoms with Crippen molar-refractivity contribution >= 4 is 23.0 Å². The van der Waals surface area contributed by atoms with Crippen LogP contribution in [0.2, 0.25) is 0 Å². The zero-order valence-electron chi connectivity index (χ0n) is 14.7. The van der Waals surface area contributed by atoms with Gasteiger partial charge in [0.25, 0.3) is 0 Å². The zero-order chi connectivity index (χ0) is 17.6. The second-order valence-corrected chi connectivity index (χ2v) is 5.97. The Morgan fingerprint density at radius 2 is 1.80 bits per heavy atom. The van der Waals surface area contributed by atoms with Crippen LogP contribution in [0, 0.1) is 0 Å². The molecule has 1 amide bonds. The lowest BCUT2D eigenvalue weighted by atomic mass is 10.1. The number of anilines is 1. The molecule has 126 valence electrons. The predicted octanol–water partition coefficient (Wildman–Crippen LogP) is 4.47. The molecule has 0 aromatic heterocycles. The monoisotopic (exact) mass is 331 g/mol. The van der Waals surface area contributed by atoms with Gasteiger partial charge in [-0.15, -0.1) is 0 Å². The summed E-state index contributed by atoms with van der Waals surface area (Å²) in [6.45, 7) is 4.69. The SMILES string of the molecule is CC[N+]1=C(/C=C/C=C/N(C(C)=O)c2ccccc2)Cc2ccccc21. The molecule has 0 atom stereocenters. The van der Waals surface area contributed by atoms with Crippen molar-refractivity contribution in [3.05, 3.63) is 84.6 Å². The molecule has 25 heavy (non-hydrogen) atoms. The summed E-state index contributed by atoms with van der Waals surface area (Å²) in [6, 6.07) is 18.2. The molecular formula is C22H23N2O+. The van der Waals surface area contributed by atoms with Crippen LogP contribution in [-0.4, -0.2) is 22.7 Å². The minimum atomic E-state index is -0.00745. The molecule has 3 heteroatoms. The highest BCUT2D eigenvalue weighted by Crippen LogP contribution is 2.26. The lowest BCUT2D eigenvalue weighted by Crippen LogP contribution is -2.21. The molecule has 3 rings (SSSR count). The van der Waals surface area contributed by atoms with Crippen molar-refractivity contribution in [1.29, 1.82) is 0 Å². The Kier molecular flexibility index (Phi) is 5.24. The van der Waals surface area contributed by atoms with Crippen LogP contribution in [0.1, 0.15) is 19.4 Å². The number of hydrogen-bond acceptors (Lipinski definition) is 1. The van der Waals surface area contributed by atoms with E-state index in [1.165, 1.54) is 17.0 Å². The van der Waals surface area contributed by atoms with Crippen molar-refractivity contribution in [2.45, 2.75) is 20.3 Å². The Bertz CT molecular complexity index is 847. The highest BCUT2D eigenvalue weighted by Gasteiger charge is 2.25. The van der Waals surface area contributed by atoms with E-state index in [1.54, 1.807) is 11.8 Å². The third kappa shape index (κ3) is 3.77. The number of amides is 1. The van der Waals surface area contributed by atoms with Crippen molar-refractivity contribution in [3.8, 4) is 0 Å². The van der Waals surface area contributed by atoms with E-state index in [-0.39, 0.29) is 5.91 Å². The van der Waals surface area contributed by atoms with Gasteiger partial charge in [0.2, 0.25) is 11.6 Å². The third-order valence-electron chi connectivity index (χ3n) is 4.33. The number of para-hydroxylation sites is 2. The molecule has 0 saturated heterocycles. The van der Waals surface area contributed by atoms with Gasteiger partial charge < -0.3 is 0 Å². The van der Waals surface area contributed by atoms with Crippen LogP contribution in [0.5, 0.6) is 0 Å². The smallest absolute Gasteiger partial charge is 0.227 e. The van der Waals surface area contributed by atoms with E-state index in [9.17, 15) is 4.79 Å². The van der Waals surface area contributed by atoms with E-state index < -0.39 is 0 Å². The van der Waals surface area contributed by atoms with Crippen molar-refractivity contribution in [2.24, 2.45) is 0 Å². The maximum atomic E-state index is 11.9. The van der Waals surface area contributed by atoms with Gasteiger partial charge in [0.15, 0.2) is 5.71 Å². The normalized spacial score (nSPS) is 13.7. The number of carbonyl (C=O) groups excluding carboxylic acids is 1. The van der Waals surface area contributed by atoms with E-state index >= 15 is 0 Å². The van der Waals surface area contributed by atoms with Gasteiger partial charge in [0.1, 0.15) is 6.54 Å². The summed E-state index contributed by atoms with van der Waals surface area (Å²) < 4.78 is 2.33. The average molecular weight is 331 g/mol. The van der Waals surface area contributed by atoms with Gasteiger partial charge in [-0.05, 0) is 25.1 Å². The molecule has 2 aromatic carbocycles. The number of allylic oxidation sites excluding steroid dienone is 3. The van der Waals surface area contributed by atoms with E-state index in [0.717, 1.165) is 18.7 Å². The molecule has 0 fully saturated rings. The van der Waals surface area contributed by atoms with Gasteiger partial charge in [-0.1, -0.05) is 42.5 Å². The Morgan fingerprint density at radius 3 is 2.52 bits per heavy atom. The summed E-state index contributed by atoms with van der Waals surface area (Å²) in [7, 11) is 0. The van der Waals surface area contributed by atoms with E-state index in [2.05, 4.69) is 41.8 Å². The van der Waals surface area contributed by atoms with Gasteiger partial charge in [0.05, 0.1) is 6.42 Å². The lowest BCUT2D eigenvalue weighted by molar-refractivity contribution is -0.432. The van der Waals surface area contributed by atoms with Crippen LogP contribution < -0.4 is 4.90 Å². The first-order chi connectivity index (χ1) is 12.2. The largest absolute Gasteiger partial charge is 0.288 e. The molecule has 1 aliphatic rings. The topological polar surface area (TPSA) is 23.3 Å². The number of fused-ring (bicyclic) bond motifs is 1. The number of carbonyl (C=O) groups is 1. The van der Waals surface area contributed by atoms with Crippen molar-refractivity contribution < 1.29 is 9.37 Å². The highest BCUT2D eigenvalue weighted by molar-refractivity contribution is 5.96. The van der Waals surface area contributed by atoms with Crippen LogP contribution in [-0.2, 0) is 11.2 Å². The number of rotatable bonds is 5. The van der Waals surface area contributed by atoms with Crippen LogP contribution in [0.25, 0.3) is 0 Å². The third-order valence-corrected chi connectivity index (χ3v) is 4.33. The summed E-state index contributed by atoms with van der Waals surface area (Å²) in [5.74, 6) is -0.00745. The maximum Gasteiger partial charge on any atom is 0.227 e. The van der Waals surface area contributed by atoms with Crippen LogP contribution in [0.3, 0.4) is 0 Å². The van der Waals surface area contributed by atoms with Gasteiger partial charge in [0, 0.05) is 36.5 Å². The van der Waals surface area contributed by atoms with Crippen LogP contribution in [0.4, 0.5) is 11.4 Å². The minimum Gasteiger partial charge on any atom is -0.288 e. The van der Waals surface area contributed by atoms with E-state index in [4.69, 9.17) is 0 Å². The predicted molar refractivity (Wildman–Crippen MR) is 103 cm³/mol. The molecule has 0 bridgehead atoms. The van der Waals surface area contributed by atoms with Crippen LogP contribution >= 0.6 is 0 Å². The summed E-state index contributed by atoms with van der Waals surface area (Å²) in [4.78, 5) is 13.5. The molecule has 0 N–H and O–H groups in total. The Labute approximate surface area is 149 Å². The lowest BCUT2D eigenvalue weighted by Gasteiger charge is -2.15. The second kappa shape index (κ2) is 7.75. The molecule has 0 radical (unpaired) electrons. The molecule has 2 aromatic rings. The highest BCUT2D eigenvalue weighted by atomic mass is 16.2. The zero-order valence-corrected chi connectivity index (χ0v) is 14.7. The standard InChI is InChI=1S/C22H23N2O/c1-3-23-21(17-19-11-7-8-15-22(19)23)14-9-10-16-24(18(2)25)20-12-5-4-6-13-20/h4-16H,3,17H2,1-2H3/q+1. The minimum absolute atomic E-state index is 0.00745. The van der Waals surface area contributed by atoms with Crippen molar-refractivity contribution in [2.75, 3.05) is 11.4 Å². The fraction of sp³-hybridized carbons (Fsp3) is 0.182. The fourth-order valence-corrected chi connectivity index (χ4v) is 3.16. The second-order valence-electron chi connectivity index (χ2n) is 5.97. The van der Waals surface area contributed by atoms with Gasteiger partial charge >= 0.3 is 0 Å². The molecular weight excluding hydrogens is 308 g/mol. The quantitative estimate of drug-likeness (QED) is 0.585. The van der Waals surface area contributed by atoms with Gasteiger partial charge in [-0.3, -0.25) is 9.69 Å². The Morgan fingerprint density at radius 1 is 1.08 bits per heavy atom. The van der Waals surface area contributed by atoms with E-state index in [0.29, 0.717) is 0 Å². The van der Waals surface area contributed by atoms with Crippen LogP contribution in [0.15, 0.2) is 79.0 Å². The molecule has 3 nitrogen and oxygen atoms in total. The number of benzene rings is 2. The molecule has 0 spiro atoms. The molecule has 0 saturated carbocycles. The van der Waals surface area contributed by atoms with Crippen molar-refractivity contribution in [3.63, 3.8) is 0 Å². The van der Waals surface area contributed by atoms with Crippen molar-refractivity contribution in [1.82, 2.24) is 0 Å². The average Bonchev–Trinajstić information content (AvgIpc) is 2.99. The molecule has 1 aliphatic heterocycles. The van der Waals surface area contributed by atoms with Gasteiger partial charge in [-0.25, -0.2) is 0 Å². The first-order valence-electron chi connectivity index (χ1n) is 8.61. The number of nitrogens with zero attached hydrogens (tertiary/aromatic N) is 2. The Hall–Kier alpha value is -2.94.